The topological polar surface area (TPSA) is 75.4 Å². The molecule has 1 atom stereocenters. The first-order chi connectivity index (χ1) is 6.22. The summed E-state index contributed by atoms with van der Waals surface area (Å²) in [6.45, 7) is 7.55. The fourth-order valence-electron chi connectivity index (χ4n) is 1.05. The minimum absolute atomic E-state index is 0.194. The number of rotatable bonds is 5. The molecule has 0 heterocycles. The summed E-state index contributed by atoms with van der Waals surface area (Å²) in [5.41, 5.74) is 4.77. The first-order valence-corrected chi connectivity index (χ1v) is 4.98. The zero-order valence-corrected chi connectivity index (χ0v) is 9.50. The van der Waals surface area contributed by atoms with Crippen LogP contribution in [0.15, 0.2) is 0 Å². The van der Waals surface area contributed by atoms with Crippen LogP contribution in [0.3, 0.4) is 0 Å². The quantitative estimate of drug-likeness (QED) is 0.598. The van der Waals surface area contributed by atoms with Gasteiger partial charge in [-0.3, -0.25) is 4.79 Å². The van der Waals surface area contributed by atoms with Crippen LogP contribution in [0, 0.1) is 5.92 Å². The summed E-state index contributed by atoms with van der Waals surface area (Å²) in [6, 6.07) is -0.475. The second-order valence-electron chi connectivity index (χ2n) is 4.77. The monoisotopic (exact) mass is 202 g/mol. The van der Waals surface area contributed by atoms with Crippen molar-refractivity contribution in [1.82, 2.24) is 5.32 Å². The molecule has 0 aromatic rings. The maximum absolute atomic E-state index is 11.4. The van der Waals surface area contributed by atoms with Crippen LogP contribution < -0.4 is 11.1 Å². The summed E-state index contributed by atoms with van der Waals surface area (Å²) in [5.74, 6) is 0.207. The lowest BCUT2D eigenvalue weighted by atomic mass is 10.0. The van der Waals surface area contributed by atoms with Crippen molar-refractivity contribution in [3.8, 4) is 0 Å². The van der Waals surface area contributed by atoms with Crippen molar-refractivity contribution in [3.63, 3.8) is 0 Å². The van der Waals surface area contributed by atoms with Gasteiger partial charge in [0.25, 0.3) is 0 Å². The van der Waals surface area contributed by atoms with Gasteiger partial charge in [0.15, 0.2) is 0 Å². The molecule has 0 aliphatic heterocycles. The molecule has 0 spiro atoms. The Kier molecular flexibility index (Phi) is 5.08. The number of nitrogens with two attached hydrogens (primary N) is 1. The van der Waals surface area contributed by atoms with E-state index in [4.69, 9.17) is 5.73 Å². The summed E-state index contributed by atoms with van der Waals surface area (Å²) in [7, 11) is 0. The van der Waals surface area contributed by atoms with E-state index in [2.05, 4.69) is 5.32 Å². The Bertz CT molecular complexity index is 185. The molecule has 1 amide bonds. The Morgan fingerprint density at radius 1 is 1.50 bits per heavy atom. The van der Waals surface area contributed by atoms with Crippen molar-refractivity contribution in [2.75, 3.05) is 6.54 Å². The predicted molar refractivity (Wildman–Crippen MR) is 56.7 cm³/mol. The van der Waals surface area contributed by atoms with Gasteiger partial charge in [-0.05, 0) is 26.2 Å². The van der Waals surface area contributed by atoms with E-state index in [0.29, 0.717) is 12.3 Å². The number of nitrogens with one attached hydrogen (secondary N) is 1. The molecule has 0 aliphatic rings. The number of carbonyl (C=O) groups excluding carboxylic acids is 1. The van der Waals surface area contributed by atoms with E-state index in [1.807, 2.05) is 13.8 Å². The van der Waals surface area contributed by atoms with Crippen LogP contribution in [-0.2, 0) is 4.79 Å². The van der Waals surface area contributed by atoms with E-state index in [1.54, 1.807) is 13.8 Å². The van der Waals surface area contributed by atoms with Gasteiger partial charge in [-0.15, -0.1) is 0 Å². The van der Waals surface area contributed by atoms with Gasteiger partial charge in [-0.2, -0.15) is 0 Å². The highest BCUT2D eigenvalue weighted by atomic mass is 16.3. The molecule has 0 fully saturated rings. The van der Waals surface area contributed by atoms with Gasteiger partial charge in [0, 0.05) is 6.54 Å². The summed E-state index contributed by atoms with van der Waals surface area (Å²) in [6.07, 6.45) is 0.664. The highest BCUT2D eigenvalue weighted by Crippen LogP contribution is 2.03. The smallest absolute Gasteiger partial charge is 0.237 e. The van der Waals surface area contributed by atoms with E-state index in [9.17, 15) is 9.90 Å². The van der Waals surface area contributed by atoms with Crippen molar-refractivity contribution >= 4 is 5.91 Å². The normalized spacial score (nSPS) is 14.2. The lowest BCUT2D eigenvalue weighted by Gasteiger charge is -2.20. The molecular formula is C10H22N2O2. The SMILES string of the molecule is CC(C)CC(N)C(=O)NCC(C)(C)O. The Morgan fingerprint density at radius 3 is 2.36 bits per heavy atom. The van der Waals surface area contributed by atoms with Crippen LogP contribution in [0.1, 0.15) is 34.1 Å². The number of hydrogen-bond acceptors (Lipinski definition) is 3. The van der Waals surface area contributed by atoms with Crippen molar-refractivity contribution in [2.24, 2.45) is 11.7 Å². The molecule has 0 aliphatic carbocycles. The third-order valence-corrected chi connectivity index (χ3v) is 1.76. The van der Waals surface area contributed by atoms with Crippen LogP contribution in [0.2, 0.25) is 0 Å². The molecule has 4 N–H and O–H groups in total. The molecule has 1 unspecified atom stereocenters. The molecule has 0 radical (unpaired) electrons. The average molecular weight is 202 g/mol. The molecule has 0 rings (SSSR count). The van der Waals surface area contributed by atoms with Crippen LogP contribution in [0.5, 0.6) is 0 Å². The van der Waals surface area contributed by atoms with Crippen molar-refractivity contribution in [1.29, 1.82) is 0 Å². The van der Waals surface area contributed by atoms with Gasteiger partial charge in [0.05, 0.1) is 11.6 Å². The molecule has 0 aromatic carbocycles. The van der Waals surface area contributed by atoms with E-state index in [-0.39, 0.29) is 12.5 Å². The lowest BCUT2D eigenvalue weighted by molar-refractivity contribution is -0.123. The Hall–Kier alpha value is -0.610. The highest BCUT2D eigenvalue weighted by molar-refractivity contribution is 5.81. The molecule has 0 aromatic heterocycles. The number of carbonyl (C=O) groups is 1. The van der Waals surface area contributed by atoms with Crippen molar-refractivity contribution in [2.45, 2.75) is 45.8 Å². The Morgan fingerprint density at radius 2 is 2.00 bits per heavy atom. The highest BCUT2D eigenvalue weighted by Gasteiger charge is 2.18. The van der Waals surface area contributed by atoms with Crippen molar-refractivity contribution < 1.29 is 9.90 Å². The van der Waals surface area contributed by atoms with Gasteiger partial charge in [-0.1, -0.05) is 13.8 Å². The fourth-order valence-corrected chi connectivity index (χ4v) is 1.05. The predicted octanol–water partition coefficient (Wildman–Crippen LogP) is 0.247. The molecular weight excluding hydrogens is 180 g/mol. The largest absolute Gasteiger partial charge is 0.389 e. The van der Waals surface area contributed by atoms with Gasteiger partial charge in [0.1, 0.15) is 0 Å². The first-order valence-electron chi connectivity index (χ1n) is 4.98. The molecule has 0 saturated heterocycles. The zero-order chi connectivity index (χ0) is 11.4. The number of amides is 1. The standard InChI is InChI=1S/C10H22N2O2/c1-7(2)5-8(11)9(13)12-6-10(3,4)14/h7-8,14H,5-6,11H2,1-4H3,(H,12,13). The van der Waals surface area contributed by atoms with E-state index >= 15 is 0 Å². The fraction of sp³-hybridized carbons (Fsp3) is 0.900. The summed E-state index contributed by atoms with van der Waals surface area (Å²) < 4.78 is 0. The first kappa shape index (κ1) is 13.4. The van der Waals surface area contributed by atoms with Gasteiger partial charge in [0.2, 0.25) is 5.91 Å². The number of hydrogen-bond donors (Lipinski definition) is 3. The third kappa shape index (κ3) is 6.86. The summed E-state index contributed by atoms with van der Waals surface area (Å²) >= 11 is 0. The van der Waals surface area contributed by atoms with Crippen LogP contribution in [0.25, 0.3) is 0 Å². The van der Waals surface area contributed by atoms with Crippen LogP contribution in [-0.4, -0.2) is 29.2 Å². The molecule has 0 bridgehead atoms. The van der Waals surface area contributed by atoms with Gasteiger partial charge >= 0.3 is 0 Å². The molecule has 84 valence electrons. The second kappa shape index (κ2) is 5.32. The Balaban J connectivity index is 3.85. The zero-order valence-electron chi connectivity index (χ0n) is 9.50. The van der Waals surface area contributed by atoms with Crippen molar-refractivity contribution in [3.05, 3.63) is 0 Å². The van der Waals surface area contributed by atoms with E-state index in [1.165, 1.54) is 0 Å². The molecule has 4 nitrogen and oxygen atoms in total. The molecule has 4 heteroatoms. The van der Waals surface area contributed by atoms with E-state index < -0.39 is 11.6 Å². The minimum Gasteiger partial charge on any atom is -0.389 e. The lowest BCUT2D eigenvalue weighted by Crippen LogP contribution is -2.46. The summed E-state index contributed by atoms with van der Waals surface area (Å²) in [5, 5.41) is 12.0. The minimum atomic E-state index is -0.882. The maximum atomic E-state index is 11.4. The Labute approximate surface area is 85.9 Å². The summed E-state index contributed by atoms with van der Waals surface area (Å²) in [4.78, 5) is 11.4. The second-order valence-corrected chi connectivity index (χ2v) is 4.77. The molecule has 14 heavy (non-hydrogen) atoms. The average Bonchev–Trinajstić information content (AvgIpc) is 1.97. The van der Waals surface area contributed by atoms with E-state index in [0.717, 1.165) is 0 Å². The van der Waals surface area contributed by atoms with Crippen LogP contribution >= 0.6 is 0 Å². The number of aliphatic hydroxyl groups is 1. The maximum Gasteiger partial charge on any atom is 0.237 e. The van der Waals surface area contributed by atoms with Gasteiger partial charge in [-0.25, -0.2) is 0 Å². The third-order valence-electron chi connectivity index (χ3n) is 1.76. The van der Waals surface area contributed by atoms with Crippen LogP contribution in [0.4, 0.5) is 0 Å². The molecule has 0 saturated carbocycles. The van der Waals surface area contributed by atoms with Gasteiger partial charge < -0.3 is 16.2 Å².